The van der Waals surface area contributed by atoms with E-state index in [1.165, 1.54) is 0 Å². The quantitative estimate of drug-likeness (QED) is 0.615. The van der Waals surface area contributed by atoms with E-state index in [-0.39, 0.29) is 0 Å². The first kappa shape index (κ1) is 15.7. The molecule has 0 spiro atoms. The van der Waals surface area contributed by atoms with Gasteiger partial charge in [0.15, 0.2) is 11.5 Å². The highest BCUT2D eigenvalue weighted by atomic mass is 35.5. The van der Waals surface area contributed by atoms with Crippen LogP contribution in [-0.4, -0.2) is 19.8 Å². The third-order valence-electron chi connectivity index (χ3n) is 2.51. The lowest BCUT2D eigenvalue weighted by Crippen LogP contribution is -2.22. The summed E-state index contributed by atoms with van der Waals surface area (Å²) in [6.45, 7) is 5.30. The fraction of sp³-hybridized carbons (Fsp3) is 0.467. The molecule has 0 aromatic heterocycles. The van der Waals surface area contributed by atoms with Gasteiger partial charge in [-0.3, -0.25) is 0 Å². The number of hydrogen-bond acceptors (Lipinski definition) is 3. The fourth-order valence-corrected chi connectivity index (χ4v) is 1.83. The average molecular weight is 282 g/mol. The molecular formula is C15H20ClNO2. The Balaban J connectivity index is 2.96. The summed E-state index contributed by atoms with van der Waals surface area (Å²) in [5, 5.41) is 3.96. The first-order valence-corrected chi connectivity index (χ1v) is 6.62. The Hall–Kier alpha value is -1.37. The van der Waals surface area contributed by atoms with Gasteiger partial charge in [0.2, 0.25) is 0 Å². The van der Waals surface area contributed by atoms with E-state index in [1.807, 2.05) is 6.07 Å². The minimum atomic E-state index is 0.378. The van der Waals surface area contributed by atoms with Crippen LogP contribution < -0.4 is 14.8 Å². The molecule has 0 heterocycles. The number of methoxy groups -OCH3 is 1. The van der Waals surface area contributed by atoms with E-state index in [1.54, 1.807) is 13.2 Å². The Morgan fingerprint density at radius 2 is 2.16 bits per heavy atom. The molecule has 1 aromatic rings. The second kappa shape index (κ2) is 7.93. The van der Waals surface area contributed by atoms with Gasteiger partial charge in [0.1, 0.15) is 0 Å². The zero-order chi connectivity index (χ0) is 14.3. The third kappa shape index (κ3) is 5.02. The molecule has 3 nitrogen and oxygen atoms in total. The van der Waals surface area contributed by atoms with Crippen LogP contribution in [0.5, 0.6) is 11.5 Å². The number of nitrogens with one attached hydrogen (secondary N) is 1. The predicted molar refractivity (Wildman–Crippen MR) is 78.9 cm³/mol. The van der Waals surface area contributed by atoms with E-state index >= 15 is 0 Å². The van der Waals surface area contributed by atoms with Gasteiger partial charge in [0, 0.05) is 35.7 Å². The molecule has 104 valence electrons. The maximum atomic E-state index is 6.08. The van der Waals surface area contributed by atoms with E-state index in [2.05, 4.69) is 25.1 Å². The van der Waals surface area contributed by atoms with Crippen molar-refractivity contribution in [2.24, 2.45) is 0 Å². The SMILES string of the molecule is C#CCCOc1c(CNC(C)C)cc(Cl)cc1OC. The lowest BCUT2D eigenvalue weighted by Gasteiger charge is -2.16. The fourth-order valence-electron chi connectivity index (χ4n) is 1.60. The first-order chi connectivity index (χ1) is 9.08. The summed E-state index contributed by atoms with van der Waals surface area (Å²) >= 11 is 6.08. The van der Waals surface area contributed by atoms with E-state index in [0.717, 1.165) is 5.56 Å². The zero-order valence-electron chi connectivity index (χ0n) is 11.6. The Bertz CT molecular complexity index is 452. The number of halogens is 1. The number of hydrogen-bond donors (Lipinski definition) is 1. The Morgan fingerprint density at radius 1 is 1.42 bits per heavy atom. The van der Waals surface area contributed by atoms with Crippen LogP contribution in [0.25, 0.3) is 0 Å². The molecule has 1 aromatic carbocycles. The summed E-state index contributed by atoms with van der Waals surface area (Å²) in [6.07, 6.45) is 5.79. The van der Waals surface area contributed by atoms with Gasteiger partial charge in [-0.2, -0.15) is 0 Å². The van der Waals surface area contributed by atoms with Crippen molar-refractivity contribution >= 4 is 11.6 Å². The molecule has 4 heteroatoms. The van der Waals surface area contributed by atoms with E-state index in [0.29, 0.717) is 42.1 Å². The van der Waals surface area contributed by atoms with Crippen LogP contribution in [0.4, 0.5) is 0 Å². The summed E-state index contributed by atoms with van der Waals surface area (Å²) < 4.78 is 11.0. The molecule has 0 unspecified atom stereocenters. The molecule has 19 heavy (non-hydrogen) atoms. The molecule has 0 radical (unpaired) electrons. The standard InChI is InChI=1S/C15H20ClNO2/c1-5-6-7-19-15-12(10-17-11(2)3)8-13(16)9-14(15)18-4/h1,8-9,11,17H,6-7,10H2,2-4H3. The topological polar surface area (TPSA) is 30.5 Å². The summed E-state index contributed by atoms with van der Waals surface area (Å²) in [5.41, 5.74) is 0.968. The smallest absolute Gasteiger partial charge is 0.165 e. The van der Waals surface area contributed by atoms with Crippen molar-refractivity contribution in [3.05, 3.63) is 22.7 Å². The molecule has 0 saturated carbocycles. The van der Waals surface area contributed by atoms with E-state index in [9.17, 15) is 0 Å². The van der Waals surface area contributed by atoms with Crippen molar-refractivity contribution in [1.82, 2.24) is 5.32 Å². The van der Waals surface area contributed by atoms with Crippen LogP contribution >= 0.6 is 11.6 Å². The highest BCUT2D eigenvalue weighted by Gasteiger charge is 2.13. The van der Waals surface area contributed by atoms with Gasteiger partial charge in [0.25, 0.3) is 0 Å². The van der Waals surface area contributed by atoms with Crippen molar-refractivity contribution in [2.45, 2.75) is 32.9 Å². The summed E-state index contributed by atoms with van der Waals surface area (Å²) in [6, 6.07) is 4.00. The largest absolute Gasteiger partial charge is 0.493 e. The van der Waals surface area contributed by atoms with Crippen molar-refractivity contribution < 1.29 is 9.47 Å². The predicted octanol–water partition coefficient (Wildman–Crippen LogP) is 3.25. The van der Waals surface area contributed by atoms with Crippen molar-refractivity contribution in [3.63, 3.8) is 0 Å². The molecule has 1 rings (SSSR count). The van der Waals surface area contributed by atoms with Gasteiger partial charge < -0.3 is 14.8 Å². The maximum Gasteiger partial charge on any atom is 0.165 e. The number of benzene rings is 1. The summed E-state index contributed by atoms with van der Waals surface area (Å²) in [7, 11) is 1.60. The van der Waals surface area contributed by atoms with Gasteiger partial charge in [-0.15, -0.1) is 12.3 Å². The van der Waals surface area contributed by atoms with Crippen LogP contribution in [0.15, 0.2) is 12.1 Å². The Kier molecular flexibility index (Phi) is 6.55. The molecular weight excluding hydrogens is 262 g/mol. The highest BCUT2D eigenvalue weighted by molar-refractivity contribution is 6.30. The number of rotatable bonds is 7. The Morgan fingerprint density at radius 3 is 2.74 bits per heavy atom. The van der Waals surface area contributed by atoms with E-state index in [4.69, 9.17) is 27.5 Å². The molecule has 0 saturated heterocycles. The normalized spacial score (nSPS) is 10.3. The highest BCUT2D eigenvalue weighted by Crippen LogP contribution is 2.34. The summed E-state index contributed by atoms with van der Waals surface area (Å²) in [4.78, 5) is 0. The lowest BCUT2D eigenvalue weighted by molar-refractivity contribution is 0.297. The van der Waals surface area contributed by atoms with Gasteiger partial charge in [-0.25, -0.2) is 0 Å². The van der Waals surface area contributed by atoms with Crippen molar-refractivity contribution in [3.8, 4) is 23.8 Å². The summed E-state index contributed by atoms with van der Waals surface area (Å²) in [5.74, 6) is 3.88. The molecule has 0 atom stereocenters. The Labute approximate surface area is 120 Å². The number of terminal acetylenes is 1. The van der Waals surface area contributed by atoms with Gasteiger partial charge in [-0.05, 0) is 6.07 Å². The monoisotopic (exact) mass is 281 g/mol. The molecule has 0 aliphatic carbocycles. The second-order valence-electron chi connectivity index (χ2n) is 4.43. The van der Waals surface area contributed by atoms with Crippen LogP contribution in [0.3, 0.4) is 0 Å². The minimum absolute atomic E-state index is 0.378. The van der Waals surface area contributed by atoms with Crippen molar-refractivity contribution in [2.75, 3.05) is 13.7 Å². The lowest BCUT2D eigenvalue weighted by atomic mass is 10.1. The average Bonchev–Trinajstić information content (AvgIpc) is 2.37. The van der Waals surface area contributed by atoms with E-state index < -0.39 is 0 Å². The molecule has 0 amide bonds. The third-order valence-corrected chi connectivity index (χ3v) is 2.73. The van der Waals surface area contributed by atoms with Crippen LogP contribution in [0, 0.1) is 12.3 Å². The molecule has 0 aliphatic heterocycles. The molecule has 0 bridgehead atoms. The molecule has 0 aliphatic rings. The van der Waals surface area contributed by atoms with Crippen LogP contribution in [-0.2, 0) is 6.54 Å². The maximum absolute atomic E-state index is 6.08. The van der Waals surface area contributed by atoms with Crippen LogP contribution in [0.2, 0.25) is 5.02 Å². The van der Waals surface area contributed by atoms with Gasteiger partial charge >= 0.3 is 0 Å². The molecule has 1 N–H and O–H groups in total. The van der Waals surface area contributed by atoms with Gasteiger partial charge in [-0.1, -0.05) is 25.4 Å². The van der Waals surface area contributed by atoms with Crippen molar-refractivity contribution in [1.29, 1.82) is 0 Å². The van der Waals surface area contributed by atoms with Crippen LogP contribution in [0.1, 0.15) is 25.8 Å². The minimum Gasteiger partial charge on any atom is -0.493 e. The molecule has 0 fully saturated rings. The second-order valence-corrected chi connectivity index (χ2v) is 4.87. The zero-order valence-corrected chi connectivity index (χ0v) is 12.4. The van der Waals surface area contributed by atoms with Gasteiger partial charge in [0.05, 0.1) is 13.7 Å². The first-order valence-electron chi connectivity index (χ1n) is 6.24. The number of ether oxygens (including phenoxy) is 2.